The molecule has 4 aromatic rings. The molecule has 0 unspecified atom stereocenters. The highest BCUT2D eigenvalue weighted by atomic mass is 16.3. The maximum absolute atomic E-state index is 12.6. The van der Waals surface area contributed by atoms with Gasteiger partial charge in [-0.3, -0.25) is 4.79 Å². The summed E-state index contributed by atoms with van der Waals surface area (Å²) < 4.78 is 0. The van der Waals surface area contributed by atoms with E-state index in [0.717, 1.165) is 23.2 Å². The van der Waals surface area contributed by atoms with E-state index >= 15 is 0 Å². The summed E-state index contributed by atoms with van der Waals surface area (Å²) in [6.45, 7) is 0. The number of benzene rings is 3. The molecule has 31 heavy (non-hydrogen) atoms. The molecular formula is C26H23N3O2. The summed E-state index contributed by atoms with van der Waals surface area (Å²) in [6, 6.07) is 26.6. The predicted octanol–water partition coefficient (Wildman–Crippen LogP) is 4.82. The topological polar surface area (TPSA) is 75.1 Å². The second-order valence-corrected chi connectivity index (χ2v) is 7.29. The summed E-state index contributed by atoms with van der Waals surface area (Å²) in [6.07, 6.45) is 3.36. The van der Waals surface area contributed by atoms with E-state index < -0.39 is 0 Å². The van der Waals surface area contributed by atoms with E-state index in [1.165, 1.54) is 5.56 Å². The molecule has 0 aliphatic carbocycles. The molecule has 0 spiro atoms. The molecule has 5 heteroatoms. The number of carbonyl (C=O) groups is 1. The van der Waals surface area contributed by atoms with Crippen LogP contribution in [0.1, 0.15) is 16.8 Å². The smallest absolute Gasteiger partial charge is 0.229 e. The van der Waals surface area contributed by atoms with Crippen molar-refractivity contribution in [2.75, 3.05) is 5.32 Å². The minimum absolute atomic E-state index is 0.126. The number of rotatable bonds is 7. The van der Waals surface area contributed by atoms with Crippen molar-refractivity contribution in [2.24, 2.45) is 0 Å². The summed E-state index contributed by atoms with van der Waals surface area (Å²) >= 11 is 0. The molecule has 0 saturated carbocycles. The van der Waals surface area contributed by atoms with Crippen molar-refractivity contribution in [3.05, 3.63) is 108 Å². The minimum Gasteiger partial charge on any atom is -0.508 e. The fourth-order valence-corrected chi connectivity index (χ4v) is 3.34. The zero-order chi connectivity index (χ0) is 21.5. The van der Waals surface area contributed by atoms with E-state index in [1.54, 1.807) is 30.5 Å². The molecule has 0 radical (unpaired) electrons. The standard InChI is InChI=1S/C26H23N3O2/c30-22-14-12-21(13-15-22)24-18-27-26(29-25(31)17-20-9-5-2-6-10-20)23(28-24)16-11-19-7-3-1-4-8-19/h1-10,12-15,18,30H,11,16-17H2,(H,27,29,31). The number of phenolic OH excluding ortho intramolecular Hbond substituents is 1. The molecule has 1 heterocycles. The van der Waals surface area contributed by atoms with Crippen LogP contribution in [0.2, 0.25) is 0 Å². The average molecular weight is 409 g/mol. The molecule has 1 amide bonds. The number of hydrogen-bond acceptors (Lipinski definition) is 4. The lowest BCUT2D eigenvalue weighted by Gasteiger charge is -2.12. The van der Waals surface area contributed by atoms with Gasteiger partial charge in [0, 0.05) is 5.56 Å². The Morgan fingerprint density at radius 3 is 2.13 bits per heavy atom. The quantitative estimate of drug-likeness (QED) is 0.459. The summed E-state index contributed by atoms with van der Waals surface area (Å²) in [5, 5.41) is 12.5. The molecule has 2 N–H and O–H groups in total. The Morgan fingerprint density at radius 2 is 1.45 bits per heavy atom. The first kappa shape index (κ1) is 20.3. The Kier molecular flexibility index (Phi) is 6.33. The number of nitrogens with one attached hydrogen (secondary N) is 1. The third-order valence-corrected chi connectivity index (χ3v) is 4.97. The Morgan fingerprint density at radius 1 is 0.806 bits per heavy atom. The Labute approximate surface area is 181 Å². The molecule has 0 fully saturated rings. The second kappa shape index (κ2) is 9.67. The van der Waals surface area contributed by atoms with Crippen molar-refractivity contribution in [1.29, 1.82) is 0 Å². The van der Waals surface area contributed by atoms with Gasteiger partial charge in [-0.05, 0) is 48.2 Å². The second-order valence-electron chi connectivity index (χ2n) is 7.29. The van der Waals surface area contributed by atoms with Gasteiger partial charge < -0.3 is 10.4 Å². The van der Waals surface area contributed by atoms with Gasteiger partial charge in [-0.15, -0.1) is 0 Å². The minimum atomic E-state index is -0.126. The van der Waals surface area contributed by atoms with Crippen LogP contribution in [0.3, 0.4) is 0 Å². The molecule has 0 atom stereocenters. The number of aromatic nitrogens is 2. The highest BCUT2D eigenvalue weighted by Gasteiger charge is 2.13. The largest absolute Gasteiger partial charge is 0.508 e. The zero-order valence-corrected chi connectivity index (χ0v) is 17.0. The lowest BCUT2D eigenvalue weighted by molar-refractivity contribution is -0.115. The predicted molar refractivity (Wildman–Crippen MR) is 122 cm³/mol. The Balaban J connectivity index is 1.57. The fraction of sp³-hybridized carbons (Fsp3) is 0.115. The SMILES string of the molecule is O=C(Cc1ccccc1)Nc1ncc(-c2ccc(O)cc2)nc1CCc1ccccc1. The Hall–Kier alpha value is -3.99. The van der Waals surface area contributed by atoms with Crippen LogP contribution < -0.4 is 5.32 Å². The molecule has 154 valence electrons. The summed E-state index contributed by atoms with van der Waals surface area (Å²) in [5.74, 6) is 0.559. The molecule has 1 aromatic heterocycles. The Bertz CT molecular complexity index is 1140. The van der Waals surface area contributed by atoms with Gasteiger partial charge >= 0.3 is 0 Å². The van der Waals surface area contributed by atoms with E-state index in [2.05, 4.69) is 22.4 Å². The maximum Gasteiger partial charge on any atom is 0.229 e. The van der Waals surface area contributed by atoms with Gasteiger partial charge in [0.25, 0.3) is 0 Å². The molecule has 0 aliphatic rings. The first-order valence-electron chi connectivity index (χ1n) is 10.2. The van der Waals surface area contributed by atoms with Crippen LogP contribution in [0.5, 0.6) is 5.75 Å². The van der Waals surface area contributed by atoms with Crippen LogP contribution in [-0.2, 0) is 24.1 Å². The van der Waals surface area contributed by atoms with Crippen LogP contribution in [0.4, 0.5) is 5.82 Å². The number of anilines is 1. The van der Waals surface area contributed by atoms with Gasteiger partial charge in [-0.1, -0.05) is 60.7 Å². The number of hydrogen-bond donors (Lipinski definition) is 2. The average Bonchev–Trinajstić information content (AvgIpc) is 2.80. The van der Waals surface area contributed by atoms with Gasteiger partial charge in [0.1, 0.15) is 5.75 Å². The van der Waals surface area contributed by atoms with Crippen LogP contribution in [0.25, 0.3) is 11.3 Å². The monoisotopic (exact) mass is 409 g/mol. The van der Waals surface area contributed by atoms with Gasteiger partial charge in [0.2, 0.25) is 5.91 Å². The van der Waals surface area contributed by atoms with Crippen molar-refractivity contribution in [2.45, 2.75) is 19.3 Å². The van der Waals surface area contributed by atoms with E-state index in [4.69, 9.17) is 4.98 Å². The van der Waals surface area contributed by atoms with E-state index in [9.17, 15) is 9.90 Å². The normalized spacial score (nSPS) is 10.6. The van der Waals surface area contributed by atoms with E-state index in [0.29, 0.717) is 17.9 Å². The molecule has 5 nitrogen and oxygen atoms in total. The molecule has 3 aromatic carbocycles. The van der Waals surface area contributed by atoms with Crippen LogP contribution in [0, 0.1) is 0 Å². The van der Waals surface area contributed by atoms with Crippen molar-refractivity contribution in [3.63, 3.8) is 0 Å². The summed E-state index contributed by atoms with van der Waals surface area (Å²) in [4.78, 5) is 21.9. The maximum atomic E-state index is 12.6. The van der Waals surface area contributed by atoms with Crippen molar-refractivity contribution in [3.8, 4) is 17.0 Å². The first-order chi connectivity index (χ1) is 15.2. The van der Waals surface area contributed by atoms with Crippen LogP contribution in [-0.4, -0.2) is 21.0 Å². The summed E-state index contributed by atoms with van der Waals surface area (Å²) in [7, 11) is 0. The third kappa shape index (κ3) is 5.54. The number of phenols is 1. The zero-order valence-electron chi connectivity index (χ0n) is 17.0. The lowest BCUT2D eigenvalue weighted by Crippen LogP contribution is -2.17. The molecular weight excluding hydrogens is 386 g/mol. The van der Waals surface area contributed by atoms with Gasteiger partial charge in [-0.2, -0.15) is 0 Å². The molecule has 4 rings (SSSR count). The lowest BCUT2D eigenvalue weighted by atomic mass is 10.1. The number of carbonyl (C=O) groups excluding carboxylic acids is 1. The molecule has 0 saturated heterocycles. The van der Waals surface area contributed by atoms with Crippen molar-refractivity contribution in [1.82, 2.24) is 9.97 Å². The number of aromatic hydroxyl groups is 1. The molecule has 0 bridgehead atoms. The van der Waals surface area contributed by atoms with Gasteiger partial charge in [0.05, 0.1) is 24.0 Å². The van der Waals surface area contributed by atoms with Crippen LogP contribution >= 0.6 is 0 Å². The van der Waals surface area contributed by atoms with E-state index in [1.807, 2.05) is 48.5 Å². The van der Waals surface area contributed by atoms with Crippen LogP contribution in [0.15, 0.2) is 91.1 Å². The van der Waals surface area contributed by atoms with Crippen molar-refractivity contribution < 1.29 is 9.90 Å². The van der Waals surface area contributed by atoms with Crippen molar-refractivity contribution >= 4 is 11.7 Å². The fourth-order valence-electron chi connectivity index (χ4n) is 3.34. The first-order valence-corrected chi connectivity index (χ1v) is 10.2. The highest BCUT2D eigenvalue weighted by Crippen LogP contribution is 2.23. The number of amides is 1. The van der Waals surface area contributed by atoms with Gasteiger partial charge in [-0.25, -0.2) is 9.97 Å². The van der Waals surface area contributed by atoms with Gasteiger partial charge in [0.15, 0.2) is 5.82 Å². The van der Waals surface area contributed by atoms with E-state index in [-0.39, 0.29) is 18.1 Å². The summed E-state index contributed by atoms with van der Waals surface area (Å²) in [5.41, 5.74) is 4.42. The highest BCUT2D eigenvalue weighted by molar-refractivity contribution is 5.92. The molecule has 0 aliphatic heterocycles. The number of nitrogens with zero attached hydrogens (tertiary/aromatic N) is 2. The number of aryl methyl sites for hydroxylation is 2. The third-order valence-electron chi connectivity index (χ3n) is 4.97.